The third-order valence-corrected chi connectivity index (χ3v) is 2.89. The molecule has 2 fully saturated rings. The van der Waals surface area contributed by atoms with E-state index in [0.717, 1.165) is 12.8 Å². The van der Waals surface area contributed by atoms with Gasteiger partial charge >= 0.3 is 0 Å². The molecular weight excluding hydrogens is 204 g/mol. The topological polar surface area (TPSA) is 58.2 Å². The van der Waals surface area contributed by atoms with Crippen LogP contribution >= 0.6 is 0 Å². The first kappa shape index (κ1) is 11.4. The number of amides is 2. The molecule has 0 spiro atoms. The molecule has 2 aliphatic carbocycles. The zero-order valence-corrected chi connectivity index (χ0v) is 10.2. The van der Waals surface area contributed by atoms with Crippen molar-refractivity contribution in [2.24, 2.45) is 11.8 Å². The Morgan fingerprint density at radius 2 is 1.62 bits per heavy atom. The molecule has 4 heteroatoms. The van der Waals surface area contributed by atoms with E-state index in [1.54, 1.807) is 0 Å². The van der Waals surface area contributed by atoms with E-state index < -0.39 is 0 Å². The fourth-order valence-corrected chi connectivity index (χ4v) is 1.77. The largest absolute Gasteiger partial charge is 0.353 e. The van der Waals surface area contributed by atoms with Crippen molar-refractivity contribution in [3.8, 4) is 0 Å². The Morgan fingerprint density at radius 1 is 1.06 bits per heavy atom. The molecule has 2 atom stereocenters. The van der Waals surface area contributed by atoms with Gasteiger partial charge < -0.3 is 10.6 Å². The summed E-state index contributed by atoms with van der Waals surface area (Å²) in [6, 6.07) is 0.388. The quantitative estimate of drug-likeness (QED) is 0.745. The van der Waals surface area contributed by atoms with Crippen LogP contribution in [0.1, 0.15) is 40.0 Å². The molecule has 2 unspecified atom stereocenters. The molecule has 2 rings (SSSR count). The molecule has 0 bridgehead atoms. The minimum atomic E-state index is -0.211. The van der Waals surface area contributed by atoms with E-state index in [1.165, 1.54) is 0 Å². The molecule has 16 heavy (non-hydrogen) atoms. The van der Waals surface area contributed by atoms with Crippen LogP contribution in [0.15, 0.2) is 0 Å². The molecule has 2 amide bonds. The van der Waals surface area contributed by atoms with Crippen LogP contribution < -0.4 is 10.6 Å². The van der Waals surface area contributed by atoms with Crippen LogP contribution in [0.2, 0.25) is 0 Å². The molecule has 0 saturated heterocycles. The molecule has 2 aliphatic rings. The molecule has 90 valence electrons. The van der Waals surface area contributed by atoms with Crippen molar-refractivity contribution in [3.05, 3.63) is 0 Å². The van der Waals surface area contributed by atoms with Gasteiger partial charge in [0, 0.05) is 11.6 Å². The zero-order valence-electron chi connectivity index (χ0n) is 10.2. The summed E-state index contributed by atoms with van der Waals surface area (Å²) in [7, 11) is 0. The van der Waals surface area contributed by atoms with Crippen molar-refractivity contribution in [2.45, 2.75) is 51.6 Å². The van der Waals surface area contributed by atoms with Crippen molar-refractivity contribution in [1.82, 2.24) is 10.6 Å². The lowest BCUT2D eigenvalue weighted by molar-refractivity contribution is -0.128. The van der Waals surface area contributed by atoms with Gasteiger partial charge in [-0.15, -0.1) is 0 Å². The van der Waals surface area contributed by atoms with Crippen LogP contribution in [0.4, 0.5) is 0 Å². The molecule has 0 aliphatic heterocycles. The smallest absolute Gasteiger partial charge is 0.224 e. The summed E-state index contributed by atoms with van der Waals surface area (Å²) in [6.07, 6.45) is 2.90. The molecule has 0 aromatic rings. The summed E-state index contributed by atoms with van der Waals surface area (Å²) in [6.45, 7) is 5.85. The predicted molar refractivity (Wildman–Crippen MR) is 60.7 cm³/mol. The summed E-state index contributed by atoms with van der Waals surface area (Å²) in [5, 5.41) is 5.86. The fourth-order valence-electron chi connectivity index (χ4n) is 1.77. The molecule has 2 saturated carbocycles. The zero-order chi connectivity index (χ0) is 11.9. The van der Waals surface area contributed by atoms with Crippen molar-refractivity contribution < 1.29 is 9.59 Å². The summed E-state index contributed by atoms with van der Waals surface area (Å²) in [4.78, 5) is 23.4. The van der Waals surface area contributed by atoms with Gasteiger partial charge in [0.2, 0.25) is 11.8 Å². The van der Waals surface area contributed by atoms with Crippen molar-refractivity contribution in [3.63, 3.8) is 0 Å². The van der Waals surface area contributed by atoms with Gasteiger partial charge in [-0.05, 0) is 40.0 Å². The molecular formula is C12H20N2O2. The van der Waals surface area contributed by atoms with Crippen molar-refractivity contribution in [2.75, 3.05) is 0 Å². The first-order valence-electron chi connectivity index (χ1n) is 5.99. The summed E-state index contributed by atoms with van der Waals surface area (Å²) in [5.41, 5.74) is -0.211. The van der Waals surface area contributed by atoms with Crippen LogP contribution in [0.25, 0.3) is 0 Å². The maximum atomic E-state index is 11.7. The molecule has 0 radical (unpaired) electrons. The van der Waals surface area contributed by atoms with Crippen LogP contribution in [0.5, 0.6) is 0 Å². The van der Waals surface area contributed by atoms with E-state index in [9.17, 15) is 9.59 Å². The SMILES string of the molecule is CC(C)(C)NC(=O)C1CC1C(=O)NC1CC1. The van der Waals surface area contributed by atoms with Crippen LogP contribution in [-0.2, 0) is 9.59 Å². The third kappa shape index (κ3) is 2.97. The predicted octanol–water partition coefficient (Wildman–Crippen LogP) is 0.816. The van der Waals surface area contributed by atoms with E-state index in [0.29, 0.717) is 12.5 Å². The number of hydrogen-bond acceptors (Lipinski definition) is 2. The maximum absolute atomic E-state index is 11.7. The fraction of sp³-hybridized carbons (Fsp3) is 0.833. The van der Waals surface area contributed by atoms with Gasteiger partial charge in [-0.1, -0.05) is 0 Å². The van der Waals surface area contributed by atoms with Gasteiger partial charge in [0.1, 0.15) is 0 Å². The molecule has 0 heterocycles. The Hall–Kier alpha value is -1.06. The maximum Gasteiger partial charge on any atom is 0.224 e. The number of hydrogen-bond donors (Lipinski definition) is 2. The number of carbonyl (C=O) groups is 2. The van der Waals surface area contributed by atoms with Gasteiger partial charge in [-0.25, -0.2) is 0 Å². The lowest BCUT2D eigenvalue weighted by atomic mass is 10.1. The Balaban J connectivity index is 1.76. The average Bonchev–Trinajstić information content (AvgIpc) is 2.96. The van der Waals surface area contributed by atoms with E-state index in [2.05, 4.69) is 10.6 Å². The van der Waals surface area contributed by atoms with Crippen LogP contribution in [-0.4, -0.2) is 23.4 Å². The lowest BCUT2D eigenvalue weighted by Crippen LogP contribution is -2.42. The van der Waals surface area contributed by atoms with Gasteiger partial charge in [-0.3, -0.25) is 9.59 Å². The Morgan fingerprint density at radius 3 is 2.12 bits per heavy atom. The normalized spacial score (nSPS) is 28.4. The highest BCUT2D eigenvalue weighted by molar-refractivity contribution is 5.92. The van der Waals surface area contributed by atoms with Crippen LogP contribution in [0.3, 0.4) is 0 Å². The van der Waals surface area contributed by atoms with E-state index in [-0.39, 0.29) is 29.2 Å². The summed E-state index contributed by atoms with van der Waals surface area (Å²) < 4.78 is 0. The van der Waals surface area contributed by atoms with Gasteiger partial charge in [0.15, 0.2) is 0 Å². The van der Waals surface area contributed by atoms with Gasteiger partial charge in [0.25, 0.3) is 0 Å². The number of rotatable bonds is 3. The van der Waals surface area contributed by atoms with E-state index in [4.69, 9.17) is 0 Å². The summed E-state index contributed by atoms with van der Waals surface area (Å²) in [5.74, 6) is -0.0964. The van der Waals surface area contributed by atoms with E-state index in [1.807, 2.05) is 20.8 Å². The Kier molecular flexibility index (Phi) is 2.68. The standard InChI is InChI=1S/C12H20N2O2/c1-12(2,3)14-11(16)9-6-8(9)10(15)13-7-4-5-7/h7-9H,4-6H2,1-3H3,(H,13,15)(H,14,16). The van der Waals surface area contributed by atoms with Gasteiger partial charge in [0.05, 0.1) is 11.8 Å². The highest BCUT2D eigenvalue weighted by Crippen LogP contribution is 2.39. The molecule has 4 nitrogen and oxygen atoms in total. The Bertz CT molecular complexity index is 315. The minimum Gasteiger partial charge on any atom is -0.353 e. The Labute approximate surface area is 96.2 Å². The molecule has 0 aromatic carbocycles. The highest BCUT2D eigenvalue weighted by atomic mass is 16.2. The minimum absolute atomic E-state index is 0.0171. The lowest BCUT2D eigenvalue weighted by Gasteiger charge is -2.20. The van der Waals surface area contributed by atoms with Crippen LogP contribution in [0, 0.1) is 11.8 Å². The number of nitrogens with one attached hydrogen (secondary N) is 2. The van der Waals surface area contributed by atoms with Crippen molar-refractivity contribution >= 4 is 11.8 Å². The van der Waals surface area contributed by atoms with Gasteiger partial charge in [-0.2, -0.15) is 0 Å². The monoisotopic (exact) mass is 224 g/mol. The highest BCUT2D eigenvalue weighted by Gasteiger charge is 2.49. The second kappa shape index (κ2) is 3.75. The second-order valence-electron chi connectivity index (χ2n) is 5.97. The third-order valence-electron chi connectivity index (χ3n) is 2.89. The second-order valence-corrected chi connectivity index (χ2v) is 5.97. The first-order valence-corrected chi connectivity index (χ1v) is 5.99. The van der Waals surface area contributed by atoms with E-state index >= 15 is 0 Å². The average molecular weight is 224 g/mol. The molecule has 2 N–H and O–H groups in total. The number of carbonyl (C=O) groups excluding carboxylic acids is 2. The van der Waals surface area contributed by atoms with Crippen molar-refractivity contribution in [1.29, 1.82) is 0 Å². The first-order chi connectivity index (χ1) is 7.37. The summed E-state index contributed by atoms with van der Waals surface area (Å²) >= 11 is 0. The molecule has 0 aromatic heterocycles.